The lowest BCUT2D eigenvalue weighted by atomic mass is 9.75. The SMILES string of the molecule is C[C@@]1(c2ccc3c(c2)OCO3)NC(=O)N(CC(=O)N2CC[C@H]3CCCC[C@@H]3C2)C1=O. The fraction of sp³-hybridized carbons (Fsp3) is 0.591. The summed E-state index contributed by atoms with van der Waals surface area (Å²) < 4.78 is 10.7. The summed E-state index contributed by atoms with van der Waals surface area (Å²) in [5.74, 6) is 1.84. The lowest BCUT2D eigenvalue weighted by molar-refractivity contribution is -0.140. The number of nitrogens with zero attached hydrogens (tertiary/aromatic N) is 2. The van der Waals surface area contributed by atoms with Crippen molar-refractivity contribution in [3.63, 3.8) is 0 Å². The van der Waals surface area contributed by atoms with Crippen molar-refractivity contribution in [3.8, 4) is 11.5 Å². The predicted octanol–water partition coefficient (Wildman–Crippen LogP) is 2.22. The Balaban J connectivity index is 1.29. The third-order valence-corrected chi connectivity index (χ3v) is 7.16. The molecule has 30 heavy (non-hydrogen) atoms. The summed E-state index contributed by atoms with van der Waals surface area (Å²) in [5.41, 5.74) is -0.641. The van der Waals surface area contributed by atoms with Gasteiger partial charge in [-0.25, -0.2) is 4.79 Å². The van der Waals surface area contributed by atoms with E-state index >= 15 is 0 Å². The lowest BCUT2D eigenvalue weighted by Crippen LogP contribution is -2.49. The minimum absolute atomic E-state index is 0.133. The van der Waals surface area contributed by atoms with Crippen molar-refractivity contribution in [2.24, 2.45) is 11.8 Å². The third kappa shape index (κ3) is 3.09. The average molecular weight is 413 g/mol. The van der Waals surface area contributed by atoms with E-state index in [1.165, 1.54) is 25.7 Å². The van der Waals surface area contributed by atoms with Gasteiger partial charge in [-0.2, -0.15) is 0 Å². The van der Waals surface area contributed by atoms with E-state index < -0.39 is 17.5 Å². The second kappa shape index (κ2) is 7.18. The van der Waals surface area contributed by atoms with Crippen LogP contribution in [0.3, 0.4) is 0 Å². The number of piperidine rings is 1. The number of benzene rings is 1. The van der Waals surface area contributed by atoms with Crippen LogP contribution in [0.15, 0.2) is 18.2 Å². The number of imide groups is 1. The minimum atomic E-state index is -1.24. The Kier molecular flexibility index (Phi) is 4.60. The molecule has 5 rings (SSSR count). The first-order valence-electron chi connectivity index (χ1n) is 10.8. The molecule has 3 atom stereocenters. The highest BCUT2D eigenvalue weighted by Gasteiger charge is 2.50. The van der Waals surface area contributed by atoms with Crippen LogP contribution in [0.25, 0.3) is 0 Å². The molecule has 4 aliphatic rings. The number of likely N-dealkylation sites (tertiary alicyclic amines) is 1. The summed E-state index contributed by atoms with van der Waals surface area (Å²) in [7, 11) is 0. The van der Waals surface area contributed by atoms with Gasteiger partial charge in [-0.3, -0.25) is 14.5 Å². The zero-order chi connectivity index (χ0) is 20.9. The zero-order valence-corrected chi connectivity index (χ0v) is 17.2. The molecule has 3 aliphatic heterocycles. The van der Waals surface area contributed by atoms with Gasteiger partial charge in [0, 0.05) is 13.1 Å². The first-order valence-corrected chi connectivity index (χ1v) is 10.8. The molecule has 2 saturated heterocycles. The molecule has 8 nitrogen and oxygen atoms in total. The smallest absolute Gasteiger partial charge is 0.325 e. The fourth-order valence-corrected chi connectivity index (χ4v) is 5.31. The highest BCUT2D eigenvalue weighted by molar-refractivity contribution is 6.09. The number of urea groups is 1. The van der Waals surface area contributed by atoms with E-state index in [0.29, 0.717) is 35.4 Å². The van der Waals surface area contributed by atoms with Gasteiger partial charge in [-0.05, 0) is 49.3 Å². The van der Waals surface area contributed by atoms with Crippen LogP contribution in [0.4, 0.5) is 4.79 Å². The van der Waals surface area contributed by atoms with E-state index in [1.54, 1.807) is 25.1 Å². The number of rotatable bonds is 3. The molecule has 1 N–H and O–H groups in total. The Morgan fingerprint density at radius 3 is 2.73 bits per heavy atom. The van der Waals surface area contributed by atoms with E-state index in [-0.39, 0.29) is 19.2 Å². The maximum Gasteiger partial charge on any atom is 0.325 e. The first-order chi connectivity index (χ1) is 14.5. The number of ether oxygens (including phenoxy) is 2. The maximum absolute atomic E-state index is 13.2. The summed E-state index contributed by atoms with van der Waals surface area (Å²) in [6.07, 6.45) is 5.96. The van der Waals surface area contributed by atoms with E-state index in [0.717, 1.165) is 17.9 Å². The van der Waals surface area contributed by atoms with Gasteiger partial charge >= 0.3 is 6.03 Å². The molecule has 1 aliphatic carbocycles. The van der Waals surface area contributed by atoms with Crippen LogP contribution in [0.1, 0.15) is 44.6 Å². The van der Waals surface area contributed by atoms with Gasteiger partial charge in [0.15, 0.2) is 11.5 Å². The minimum Gasteiger partial charge on any atom is -0.454 e. The van der Waals surface area contributed by atoms with E-state index in [2.05, 4.69) is 5.32 Å². The molecular formula is C22H27N3O5. The number of hydrogen-bond acceptors (Lipinski definition) is 5. The second-order valence-electron chi connectivity index (χ2n) is 8.95. The monoisotopic (exact) mass is 413 g/mol. The predicted molar refractivity (Wildman–Crippen MR) is 107 cm³/mol. The van der Waals surface area contributed by atoms with Gasteiger partial charge in [0.1, 0.15) is 12.1 Å². The van der Waals surface area contributed by atoms with Crippen molar-refractivity contribution < 1.29 is 23.9 Å². The molecule has 1 aromatic rings. The normalized spacial score (nSPS) is 30.3. The second-order valence-corrected chi connectivity index (χ2v) is 8.95. The molecule has 160 valence electrons. The summed E-state index contributed by atoms with van der Waals surface area (Å²) in [6.45, 7) is 3.02. The van der Waals surface area contributed by atoms with E-state index in [1.807, 2.05) is 4.90 Å². The summed E-state index contributed by atoms with van der Waals surface area (Å²) >= 11 is 0. The molecule has 0 radical (unpaired) electrons. The van der Waals surface area contributed by atoms with Crippen LogP contribution in [0, 0.1) is 11.8 Å². The van der Waals surface area contributed by atoms with Crippen molar-refractivity contribution in [2.45, 2.75) is 44.6 Å². The van der Waals surface area contributed by atoms with Gasteiger partial charge < -0.3 is 19.7 Å². The van der Waals surface area contributed by atoms with E-state index in [9.17, 15) is 14.4 Å². The maximum atomic E-state index is 13.2. The number of carbonyl (C=O) groups excluding carboxylic acids is 3. The van der Waals surface area contributed by atoms with Crippen LogP contribution in [-0.4, -0.2) is 54.1 Å². The van der Waals surface area contributed by atoms with Crippen LogP contribution in [0.5, 0.6) is 11.5 Å². The van der Waals surface area contributed by atoms with Gasteiger partial charge in [-0.1, -0.05) is 25.3 Å². The molecule has 1 saturated carbocycles. The molecule has 4 amide bonds. The standard InChI is InChI=1S/C22H27N3O5/c1-22(16-6-7-17-18(10-16)30-13-29-17)20(27)25(21(28)23-22)12-19(26)24-9-8-14-4-2-3-5-15(14)11-24/h6-7,10,14-15H,2-5,8-9,11-13H2,1H3,(H,23,28)/t14-,15-,22+/m1/s1. The van der Waals surface area contributed by atoms with E-state index in [4.69, 9.17) is 9.47 Å². The highest BCUT2D eigenvalue weighted by Crippen LogP contribution is 2.38. The summed E-state index contributed by atoms with van der Waals surface area (Å²) in [6, 6.07) is 4.63. The topological polar surface area (TPSA) is 88.2 Å². The van der Waals surface area contributed by atoms with Gasteiger partial charge in [0.05, 0.1) is 0 Å². The Morgan fingerprint density at radius 2 is 1.90 bits per heavy atom. The van der Waals surface area contributed by atoms with Crippen LogP contribution in [-0.2, 0) is 15.1 Å². The Labute approximate surface area is 175 Å². The van der Waals surface area contributed by atoms with Crippen LogP contribution in [0.2, 0.25) is 0 Å². The zero-order valence-electron chi connectivity index (χ0n) is 17.2. The number of amides is 4. The molecule has 0 spiro atoms. The molecule has 3 fully saturated rings. The fourth-order valence-electron chi connectivity index (χ4n) is 5.31. The van der Waals surface area contributed by atoms with Crippen molar-refractivity contribution in [1.29, 1.82) is 0 Å². The average Bonchev–Trinajstić information content (AvgIpc) is 3.31. The quantitative estimate of drug-likeness (QED) is 0.768. The van der Waals surface area contributed by atoms with Crippen LogP contribution >= 0.6 is 0 Å². The summed E-state index contributed by atoms with van der Waals surface area (Å²) in [5, 5.41) is 2.76. The first kappa shape index (κ1) is 19.2. The lowest BCUT2D eigenvalue weighted by Gasteiger charge is -2.41. The Bertz CT molecular complexity index is 903. The van der Waals surface area contributed by atoms with Crippen LogP contribution < -0.4 is 14.8 Å². The highest BCUT2D eigenvalue weighted by atomic mass is 16.7. The van der Waals surface area contributed by atoms with Crippen molar-refractivity contribution in [3.05, 3.63) is 23.8 Å². The van der Waals surface area contributed by atoms with Crippen molar-refractivity contribution >= 4 is 17.8 Å². The number of carbonyl (C=O) groups is 3. The summed E-state index contributed by atoms with van der Waals surface area (Å²) in [4.78, 5) is 41.6. The largest absolute Gasteiger partial charge is 0.454 e. The Morgan fingerprint density at radius 1 is 1.13 bits per heavy atom. The van der Waals surface area contributed by atoms with Gasteiger partial charge in [0.25, 0.3) is 5.91 Å². The number of nitrogens with one attached hydrogen (secondary N) is 1. The molecule has 0 bridgehead atoms. The molecule has 0 unspecified atom stereocenters. The van der Waals surface area contributed by atoms with Crippen molar-refractivity contribution in [1.82, 2.24) is 15.1 Å². The molecule has 8 heteroatoms. The molecule has 1 aromatic carbocycles. The molecule has 0 aromatic heterocycles. The molecular weight excluding hydrogens is 386 g/mol. The Hall–Kier alpha value is -2.77. The number of fused-ring (bicyclic) bond motifs is 2. The van der Waals surface area contributed by atoms with Gasteiger partial charge in [-0.15, -0.1) is 0 Å². The number of hydrogen-bond donors (Lipinski definition) is 1. The van der Waals surface area contributed by atoms with Gasteiger partial charge in [0.2, 0.25) is 12.7 Å². The third-order valence-electron chi connectivity index (χ3n) is 7.16. The molecule has 3 heterocycles. The van der Waals surface area contributed by atoms with Crippen molar-refractivity contribution in [2.75, 3.05) is 26.4 Å².